The van der Waals surface area contributed by atoms with Gasteiger partial charge in [-0.2, -0.15) is 13.2 Å². The van der Waals surface area contributed by atoms with Crippen LogP contribution in [0.1, 0.15) is 30.9 Å². The van der Waals surface area contributed by atoms with Crippen molar-refractivity contribution in [2.75, 3.05) is 27.2 Å². The molecule has 126 valence electrons. The van der Waals surface area contributed by atoms with E-state index in [0.717, 1.165) is 37.5 Å². The number of unbranched alkanes of at least 4 members (excludes halogenated alkanes) is 1. The van der Waals surface area contributed by atoms with Crippen LogP contribution in [0, 0.1) is 11.8 Å². The lowest BCUT2D eigenvalue weighted by atomic mass is 10.1. The van der Waals surface area contributed by atoms with E-state index in [-0.39, 0.29) is 0 Å². The third-order valence-electron chi connectivity index (χ3n) is 3.18. The summed E-state index contributed by atoms with van der Waals surface area (Å²) in [6, 6.07) is 5.01. The van der Waals surface area contributed by atoms with Crippen LogP contribution in [0.4, 0.5) is 13.2 Å². The van der Waals surface area contributed by atoms with Gasteiger partial charge in [-0.05, 0) is 24.6 Å². The van der Waals surface area contributed by atoms with Gasteiger partial charge in [-0.1, -0.05) is 31.3 Å². The molecular formula is C17H22F3N3. The number of benzene rings is 1. The SMILES string of the molecule is CCCCN(C)C(=NC)NCC#Cc1cccc(C(F)(F)F)c1. The van der Waals surface area contributed by atoms with E-state index in [4.69, 9.17) is 0 Å². The van der Waals surface area contributed by atoms with Crippen LogP contribution >= 0.6 is 0 Å². The molecule has 0 heterocycles. The highest BCUT2D eigenvalue weighted by Gasteiger charge is 2.30. The third kappa shape index (κ3) is 6.64. The molecule has 0 saturated carbocycles. The highest BCUT2D eigenvalue weighted by atomic mass is 19.4. The largest absolute Gasteiger partial charge is 0.416 e. The van der Waals surface area contributed by atoms with E-state index in [2.05, 4.69) is 29.1 Å². The molecule has 6 heteroatoms. The molecule has 0 atom stereocenters. The quantitative estimate of drug-likeness (QED) is 0.522. The predicted octanol–water partition coefficient (Wildman–Crippen LogP) is 3.36. The van der Waals surface area contributed by atoms with Gasteiger partial charge in [0.1, 0.15) is 0 Å². The fraction of sp³-hybridized carbons (Fsp3) is 0.471. The van der Waals surface area contributed by atoms with Crippen molar-refractivity contribution in [3.8, 4) is 11.8 Å². The van der Waals surface area contributed by atoms with Crippen molar-refractivity contribution in [1.29, 1.82) is 0 Å². The Labute approximate surface area is 135 Å². The molecule has 23 heavy (non-hydrogen) atoms. The summed E-state index contributed by atoms with van der Waals surface area (Å²) in [5, 5.41) is 3.07. The summed E-state index contributed by atoms with van der Waals surface area (Å²) in [4.78, 5) is 6.14. The topological polar surface area (TPSA) is 27.6 Å². The first-order valence-corrected chi connectivity index (χ1v) is 7.46. The molecule has 1 rings (SSSR count). The lowest BCUT2D eigenvalue weighted by Gasteiger charge is -2.20. The number of rotatable bonds is 4. The predicted molar refractivity (Wildman–Crippen MR) is 87.2 cm³/mol. The molecule has 0 spiro atoms. The van der Waals surface area contributed by atoms with E-state index < -0.39 is 11.7 Å². The minimum atomic E-state index is -4.35. The second-order valence-electron chi connectivity index (χ2n) is 5.06. The number of halogens is 3. The second kappa shape index (κ2) is 9.09. The van der Waals surface area contributed by atoms with Crippen molar-refractivity contribution >= 4 is 5.96 Å². The Bertz CT molecular complexity index is 583. The van der Waals surface area contributed by atoms with Gasteiger partial charge in [-0.3, -0.25) is 4.99 Å². The lowest BCUT2D eigenvalue weighted by molar-refractivity contribution is -0.137. The Hall–Kier alpha value is -2.16. The van der Waals surface area contributed by atoms with Crippen LogP contribution in [0.5, 0.6) is 0 Å². The minimum Gasteiger partial charge on any atom is -0.346 e. The Morgan fingerprint density at radius 2 is 2.09 bits per heavy atom. The van der Waals surface area contributed by atoms with Gasteiger partial charge in [0.05, 0.1) is 12.1 Å². The number of guanidine groups is 1. The number of nitrogens with one attached hydrogen (secondary N) is 1. The van der Waals surface area contributed by atoms with E-state index in [1.54, 1.807) is 13.1 Å². The van der Waals surface area contributed by atoms with Crippen LogP contribution in [-0.4, -0.2) is 38.0 Å². The van der Waals surface area contributed by atoms with Gasteiger partial charge in [0.15, 0.2) is 5.96 Å². The summed E-state index contributed by atoms with van der Waals surface area (Å²) in [5.74, 6) is 6.27. The van der Waals surface area contributed by atoms with E-state index in [0.29, 0.717) is 12.1 Å². The van der Waals surface area contributed by atoms with Crippen molar-refractivity contribution in [1.82, 2.24) is 10.2 Å². The molecule has 0 radical (unpaired) electrons. The molecule has 1 aromatic rings. The maximum Gasteiger partial charge on any atom is 0.416 e. The van der Waals surface area contributed by atoms with E-state index in [9.17, 15) is 13.2 Å². The number of hydrogen-bond acceptors (Lipinski definition) is 1. The Morgan fingerprint density at radius 3 is 2.70 bits per heavy atom. The normalized spacial score (nSPS) is 11.7. The number of nitrogens with zero attached hydrogens (tertiary/aromatic N) is 2. The van der Waals surface area contributed by atoms with Crippen LogP contribution in [0.25, 0.3) is 0 Å². The zero-order chi connectivity index (χ0) is 17.3. The summed E-state index contributed by atoms with van der Waals surface area (Å²) in [5.41, 5.74) is -0.344. The first-order chi connectivity index (χ1) is 10.9. The third-order valence-corrected chi connectivity index (χ3v) is 3.18. The van der Waals surface area contributed by atoms with Gasteiger partial charge in [-0.15, -0.1) is 0 Å². The highest BCUT2D eigenvalue weighted by Crippen LogP contribution is 2.29. The monoisotopic (exact) mass is 325 g/mol. The first-order valence-electron chi connectivity index (χ1n) is 7.46. The fourth-order valence-corrected chi connectivity index (χ4v) is 1.93. The summed E-state index contributed by atoms with van der Waals surface area (Å²) >= 11 is 0. The Balaban J connectivity index is 2.61. The lowest BCUT2D eigenvalue weighted by Crippen LogP contribution is -2.39. The number of alkyl halides is 3. The van der Waals surface area contributed by atoms with Crippen LogP contribution in [0.2, 0.25) is 0 Å². The summed E-state index contributed by atoms with van der Waals surface area (Å²) in [6.45, 7) is 3.32. The first kappa shape index (κ1) is 18.9. The van der Waals surface area contributed by atoms with Gasteiger partial charge in [0.25, 0.3) is 0 Å². The van der Waals surface area contributed by atoms with E-state index in [1.165, 1.54) is 6.07 Å². The highest BCUT2D eigenvalue weighted by molar-refractivity contribution is 5.79. The van der Waals surface area contributed by atoms with Gasteiger partial charge in [-0.25, -0.2) is 0 Å². The van der Waals surface area contributed by atoms with Gasteiger partial charge < -0.3 is 10.2 Å². The van der Waals surface area contributed by atoms with Crippen molar-refractivity contribution in [2.45, 2.75) is 25.9 Å². The van der Waals surface area contributed by atoms with E-state index in [1.807, 2.05) is 11.9 Å². The molecule has 0 aliphatic rings. The molecule has 0 bridgehead atoms. The van der Waals surface area contributed by atoms with Crippen molar-refractivity contribution in [3.63, 3.8) is 0 Å². The molecular weight excluding hydrogens is 303 g/mol. The van der Waals surface area contributed by atoms with Crippen molar-refractivity contribution in [2.24, 2.45) is 4.99 Å². The molecule has 0 aliphatic carbocycles. The summed E-state index contributed by atoms with van der Waals surface area (Å²) in [6.07, 6.45) is -2.19. The van der Waals surface area contributed by atoms with Gasteiger partial charge in [0.2, 0.25) is 0 Å². The van der Waals surface area contributed by atoms with Crippen LogP contribution < -0.4 is 5.32 Å². The molecule has 0 aromatic heterocycles. The minimum absolute atomic E-state index is 0.319. The van der Waals surface area contributed by atoms with Crippen LogP contribution in [-0.2, 0) is 6.18 Å². The Kier molecular flexibility index (Phi) is 7.46. The maximum atomic E-state index is 12.6. The maximum absolute atomic E-state index is 12.6. The summed E-state index contributed by atoms with van der Waals surface area (Å²) in [7, 11) is 3.62. The smallest absolute Gasteiger partial charge is 0.346 e. The Morgan fingerprint density at radius 1 is 1.35 bits per heavy atom. The molecule has 0 saturated heterocycles. The van der Waals surface area contributed by atoms with Gasteiger partial charge in [0, 0.05) is 26.2 Å². The standard InChI is InChI=1S/C17H22F3N3/c1-4-5-12-23(3)16(21-2)22-11-7-9-14-8-6-10-15(13-14)17(18,19)20/h6,8,10,13H,4-5,11-12H2,1-3H3,(H,21,22). The molecule has 0 aliphatic heterocycles. The second-order valence-corrected chi connectivity index (χ2v) is 5.06. The molecule has 1 N–H and O–H groups in total. The average Bonchev–Trinajstić information content (AvgIpc) is 2.52. The van der Waals surface area contributed by atoms with E-state index >= 15 is 0 Å². The molecule has 3 nitrogen and oxygen atoms in total. The molecule has 0 fully saturated rings. The zero-order valence-corrected chi connectivity index (χ0v) is 13.7. The fourth-order valence-electron chi connectivity index (χ4n) is 1.93. The van der Waals surface area contributed by atoms with Crippen molar-refractivity contribution < 1.29 is 13.2 Å². The summed E-state index contributed by atoms with van der Waals surface area (Å²) < 4.78 is 37.9. The van der Waals surface area contributed by atoms with Gasteiger partial charge >= 0.3 is 6.18 Å². The number of aliphatic imine (C=N–C) groups is 1. The molecule has 0 unspecified atom stereocenters. The van der Waals surface area contributed by atoms with Crippen LogP contribution in [0.3, 0.4) is 0 Å². The van der Waals surface area contributed by atoms with Crippen LogP contribution in [0.15, 0.2) is 29.3 Å². The average molecular weight is 325 g/mol. The zero-order valence-electron chi connectivity index (χ0n) is 13.7. The molecule has 0 amide bonds. The van der Waals surface area contributed by atoms with Crippen molar-refractivity contribution in [3.05, 3.63) is 35.4 Å². The molecule has 1 aromatic carbocycles. The number of hydrogen-bond donors (Lipinski definition) is 1.